The Morgan fingerprint density at radius 1 is 0.331 bits per heavy atom. The van der Waals surface area contributed by atoms with Gasteiger partial charge < -0.3 is 47.4 Å². The summed E-state index contributed by atoms with van der Waals surface area (Å²) in [6.07, 6.45) is 6.09. The molecule has 1 amide bonds. The first-order valence-electron chi connectivity index (χ1n) is 40.8. The molecule has 0 bridgehead atoms. The maximum atomic E-state index is 12.7. The zero-order valence-corrected chi connectivity index (χ0v) is 70.2. The lowest BCUT2D eigenvalue weighted by Gasteiger charge is -2.45. The Hall–Kier alpha value is -13.6. The van der Waals surface area contributed by atoms with E-state index in [1.54, 1.807) is 5.48 Å². The number of aromatic nitrogens is 3. The Kier molecular flexibility index (Phi) is 29.9. The predicted molar refractivity (Wildman–Crippen MR) is 466 cm³/mol. The summed E-state index contributed by atoms with van der Waals surface area (Å²) in [4.78, 5) is 111. The zero-order valence-electron chi connectivity index (χ0n) is 70.2. The average molecular weight is 1670 g/mol. The molecule has 3 heterocycles. The van der Waals surface area contributed by atoms with E-state index >= 15 is 0 Å². The van der Waals surface area contributed by atoms with Gasteiger partial charge in [0, 0.05) is 58.0 Å². The summed E-state index contributed by atoms with van der Waals surface area (Å²) in [5.41, 5.74) is 13.4. The third-order valence-electron chi connectivity index (χ3n) is 24.2. The number of fused-ring (bicyclic) bond motifs is 3. The Balaban J connectivity index is 0.000000158. The maximum absolute atomic E-state index is 12.7. The molecule has 9 aromatic carbocycles. The SMILES string of the molecule is COC(=O)[C@@H]1CC[C@]1(Cc1ccc(OCc2cc(-c3ccccc3)nc3ccccc23)cc1)C(=O)OC.COC(=O)[C@@]1(Cc2ccc(OCc3cc(-c4ccccc4)nc4ccccc34)cc2)CC[C@@H]1C(=O)NO.COC(=O)[C@H]1CC[C@H]1C(=O)OC.COC(=O)[C@H]1CC[C@]1(Cc1ccc(OCc2cc(-c3ccccc3)nc3ccccc23)cc1)C(=O)OC.[B]. The fourth-order valence-corrected chi connectivity index (χ4v) is 17.0. The van der Waals surface area contributed by atoms with Crippen molar-refractivity contribution in [3.8, 4) is 51.0 Å². The van der Waals surface area contributed by atoms with Gasteiger partial charge in [-0.15, -0.1) is 0 Å². The Labute approximate surface area is 721 Å². The summed E-state index contributed by atoms with van der Waals surface area (Å²) in [6.45, 7) is 1.14. The van der Waals surface area contributed by atoms with E-state index in [1.165, 1.54) is 49.8 Å². The van der Waals surface area contributed by atoms with Crippen molar-refractivity contribution in [2.24, 2.45) is 45.8 Å². The van der Waals surface area contributed by atoms with Gasteiger partial charge in [-0.05, 0) is 160 Å². The monoisotopic (exact) mass is 1670 g/mol. The summed E-state index contributed by atoms with van der Waals surface area (Å²) >= 11 is 0. The fourth-order valence-electron chi connectivity index (χ4n) is 17.0. The van der Waals surface area contributed by atoms with Gasteiger partial charge in [0.05, 0.1) is 129 Å². The number of nitrogens with one attached hydrogen (secondary N) is 1. The van der Waals surface area contributed by atoms with E-state index in [-0.39, 0.29) is 56.1 Å². The van der Waals surface area contributed by atoms with Crippen LogP contribution in [0.15, 0.2) is 255 Å². The van der Waals surface area contributed by atoms with Crippen LogP contribution in [0.25, 0.3) is 66.5 Å². The molecule has 3 radical (unpaired) electrons. The number of hydrogen-bond acceptors (Lipinski definition) is 22. The van der Waals surface area contributed by atoms with Crippen LogP contribution in [0.4, 0.5) is 0 Å². The Morgan fingerprint density at radius 3 is 0.839 bits per heavy atom. The smallest absolute Gasteiger partial charge is 0.313 e. The molecular weight excluding hydrogens is 1570 g/mol. The molecule has 24 heteroatoms. The van der Waals surface area contributed by atoms with Crippen molar-refractivity contribution in [1.82, 2.24) is 20.4 Å². The van der Waals surface area contributed by atoms with Crippen molar-refractivity contribution >= 4 is 88.8 Å². The molecule has 0 spiro atoms. The van der Waals surface area contributed by atoms with E-state index in [0.717, 1.165) is 124 Å². The molecule has 16 rings (SSSR count). The van der Waals surface area contributed by atoms with Crippen LogP contribution in [0.5, 0.6) is 17.2 Å². The van der Waals surface area contributed by atoms with Crippen LogP contribution in [0.2, 0.25) is 0 Å². The van der Waals surface area contributed by atoms with Crippen molar-refractivity contribution in [3.63, 3.8) is 0 Å². The van der Waals surface area contributed by atoms with Crippen molar-refractivity contribution in [3.05, 3.63) is 288 Å². The van der Waals surface area contributed by atoms with Crippen LogP contribution in [-0.4, -0.2) is 126 Å². The van der Waals surface area contributed by atoms with Gasteiger partial charge in [0.25, 0.3) is 0 Å². The number of benzene rings is 9. The van der Waals surface area contributed by atoms with Crippen LogP contribution in [0.3, 0.4) is 0 Å². The minimum Gasteiger partial charge on any atom is -0.489 e. The normalized spacial score (nSPS) is 19.3. The summed E-state index contributed by atoms with van der Waals surface area (Å²) < 4.78 is 52.6. The van der Waals surface area contributed by atoms with Gasteiger partial charge in [0.2, 0.25) is 5.91 Å². The number of esters is 7. The molecule has 2 N–H and O–H groups in total. The number of para-hydroxylation sites is 3. The lowest BCUT2D eigenvalue weighted by molar-refractivity contribution is -0.177. The van der Waals surface area contributed by atoms with Crippen molar-refractivity contribution in [2.45, 2.75) is 90.4 Å². The summed E-state index contributed by atoms with van der Waals surface area (Å²) in [6, 6.07) is 83.5. The highest BCUT2D eigenvalue weighted by Gasteiger charge is 2.59. The third-order valence-corrected chi connectivity index (χ3v) is 24.2. The molecule has 3 aromatic heterocycles. The lowest BCUT2D eigenvalue weighted by atomic mass is 9.57. The minimum atomic E-state index is -0.978. The van der Waals surface area contributed by atoms with Crippen LogP contribution >= 0.6 is 0 Å². The number of ether oxygens (including phenoxy) is 10. The number of rotatable bonds is 26. The van der Waals surface area contributed by atoms with E-state index < -0.39 is 45.9 Å². The Bertz CT molecular complexity index is 5200. The number of carbonyl (C=O) groups is 8. The van der Waals surface area contributed by atoms with Crippen LogP contribution in [-0.2, 0) is 111 Å². The second-order valence-electron chi connectivity index (χ2n) is 31.1. The van der Waals surface area contributed by atoms with Gasteiger partial charge >= 0.3 is 41.8 Å². The van der Waals surface area contributed by atoms with E-state index in [4.69, 9.17) is 58.1 Å². The quantitative estimate of drug-likeness (QED) is 0.0167. The van der Waals surface area contributed by atoms with Crippen LogP contribution in [0.1, 0.15) is 84.7 Å². The third kappa shape index (κ3) is 19.9. The van der Waals surface area contributed by atoms with Crippen molar-refractivity contribution in [2.75, 3.05) is 49.8 Å². The van der Waals surface area contributed by atoms with E-state index in [1.807, 2.05) is 200 Å². The first-order chi connectivity index (χ1) is 59.8. The first kappa shape index (κ1) is 89.6. The van der Waals surface area contributed by atoms with Gasteiger partial charge in [-0.2, -0.15) is 0 Å². The number of hydroxylamine groups is 1. The highest BCUT2D eigenvalue weighted by atomic mass is 16.6. The summed E-state index contributed by atoms with van der Waals surface area (Å²) in [7, 11) is 9.40. The first-order valence-corrected chi connectivity index (χ1v) is 40.8. The van der Waals surface area contributed by atoms with E-state index in [0.29, 0.717) is 83.4 Å². The number of nitrogens with zero attached hydrogens (tertiary/aromatic N) is 3. The zero-order chi connectivity index (χ0) is 86.6. The molecule has 4 saturated carbocycles. The van der Waals surface area contributed by atoms with Crippen LogP contribution in [0, 0.1) is 45.8 Å². The molecule has 635 valence electrons. The number of hydrogen-bond donors (Lipinski definition) is 2. The lowest BCUT2D eigenvalue weighted by Crippen LogP contribution is -2.54. The number of methoxy groups -OCH3 is 7. The van der Waals surface area contributed by atoms with E-state index in [9.17, 15) is 38.4 Å². The molecule has 8 atom stereocenters. The number of amides is 1. The molecule has 23 nitrogen and oxygen atoms in total. The molecule has 0 unspecified atom stereocenters. The molecule has 0 aliphatic heterocycles. The van der Waals surface area contributed by atoms with Gasteiger partial charge in [-0.3, -0.25) is 43.6 Å². The fraction of sp³-hybridized carbons (Fsp3) is 0.290. The average Bonchev–Trinajstić information content (AvgIpc) is 0.751. The maximum Gasteiger partial charge on any atom is 0.313 e. The Morgan fingerprint density at radius 2 is 0.597 bits per heavy atom. The standard InChI is InChI=1S/2C31H29NO5.C30H28N2O5.C8H12O4.B/c2*1-35-29(33)26-16-17-31(26,30(34)36-2)19-21-12-14-24(15-13-21)37-20-23-18-28(22-8-4-3-5-9-22)32-27-11-7-6-10-25(23)27;1-36-29(34)30(16-15-25(30)28(33)32-35)18-20-11-13-23(14-12-20)37-19-22-17-27(21-7-3-2-4-8-21)31-26-10-6-5-9-24(22)26;1-11-7(9)5-3-4-6(5)8(10)12-2;/h2*3-15,18,26H,16-17,19-20H2,1-2H3;2-14,17,25,35H,15-16,18-19H2,1H3,(H,32,33);5-6H,3-4H2,1-2H3;/t26-,31+;26-,31-;25-,30-;5-,6+;/m011../s1. The molecule has 0 saturated heterocycles. The van der Waals surface area contributed by atoms with Gasteiger partial charge in [-0.1, -0.05) is 182 Å². The van der Waals surface area contributed by atoms with E-state index in [2.05, 4.69) is 64.1 Å². The second-order valence-corrected chi connectivity index (χ2v) is 31.1. The van der Waals surface area contributed by atoms with Crippen LogP contribution < -0.4 is 19.7 Å². The van der Waals surface area contributed by atoms with Crippen molar-refractivity contribution < 1.29 is 90.9 Å². The highest BCUT2D eigenvalue weighted by molar-refractivity contribution is 5.92. The summed E-state index contributed by atoms with van der Waals surface area (Å²) in [5.74, 6) is -3.10. The highest BCUT2D eigenvalue weighted by Crippen LogP contribution is 2.53. The molecule has 124 heavy (non-hydrogen) atoms. The number of carbonyl (C=O) groups excluding carboxylic acids is 8. The largest absolute Gasteiger partial charge is 0.489 e. The molecule has 4 fully saturated rings. The number of pyridine rings is 3. The second kappa shape index (κ2) is 41.3. The summed E-state index contributed by atoms with van der Waals surface area (Å²) in [5, 5.41) is 12.2. The van der Waals surface area contributed by atoms with Crippen molar-refractivity contribution in [1.29, 1.82) is 0 Å². The van der Waals surface area contributed by atoms with Gasteiger partial charge in [0.15, 0.2) is 0 Å². The predicted octanol–water partition coefficient (Wildman–Crippen LogP) is 16.6. The molecule has 4 aliphatic carbocycles. The topological polar surface area (TPSA) is 300 Å². The molecule has 12 aromatic rings. The molecular formula is C100H98BN4O19. The van der Waals surface area contributed by atoms with Gasteiger partial charge in [-0.25, -0.2) is 20.4 Å². The minimum absolute atomic E-state index is 0. The molecule has 4 aliphatic rings. The van der Waals surface area contributed by atoms with Gasteiger partial charge in [0.1, 0.15) is 37.1 Å².